The molecule has 0 atom stereocenters. The van der Waals surface area contributed by atoms with Gasteiger partial charge in [0.25, 0.3) is 15.9 Å². The number of carbonyl (C=O) groups is 1. The monoisotopic (exact) mass is 451 g/mol. The third-order valence-corrected chi connectivity index (χ3v) is 5.79. The number of rotatable bonds is 10. The number of nitrogens with zero attached hydrogens (tertiary/aromatic N) is 1. The zero-order chi connectivity index (χ0) is 22.8. The molecule has 0 saturated carbocycles. The van der Waals surface area contributed by atoms with E-state index in [-0.39, 0.29) is 17.4 Å². The summed E-state index contributed by atoms with van der Waals surface area (Å²) in [4.78, 5) is 14.3. The summed E-state index contributed by atoms with van der Waals surface area (Å²) in [5.41, 5.74) is 2.81. The average molecular weight is 452 g/mol. The minimum absolute atomic E-state index is 0.0847. The van der Waals surface area contributed by atoms with E-state index in [2.05, 4.69) is 15.2 Å². The van der Waals surface area contributed by atoms with Crippen LogP contribution in [0.3, 0.4) is 0 Å². The van der Waals surface area contributed by atoms with Crippen LogP contribution in [-0.2, 0) is 21.2 Å². The van der Waals surface area contributed by atoms with E-state index in [1.165, 1.54) is 18.3 Å². The predicted octanol–water partition coefficient (Wildman–Crippen LogP) is 3.05. The fourth-order valence-electron chi connectivity index (χ4n) is 2.78. The highest BCUT2D eigenvalue weighted by atomic mass is 32.2. The first-order valence-corrected chi connectivity index (χ1v) is 11.6. The summed E-state index contributed by atoms with van der Waals surface area (Å²) in [6.07, 6.45) is 2.15. The topological polar surface area (TPSA) is 96.9 Å². The lowest BCUT2D eigenvalue weighted by molar-refractivity contribution is -0.123. The van der Waals surface area contributed by atoms with E-state index < -0.39 is 10.0 Å². The normalized spacial score (nSPS) is 11.3. The Balaban J connectivity index is 1.42. The molecule has 166 valence electrons. The fourth-order valence-corrected chi connectivity index (χ4v) is 3.57. The number of carbonyl (C=O) groups excluding carboxylic acids is 1. The average Bonchev–Trinajstić information content (AvgIpc) is 2.79. The van der Waals surface area contributed by atoms with Gasteiger partial charge in [-0.1, -0.05) is 48.0 Å². The van der Waals surface area contributed by atoms with Crippen molar-refractivity contribution >= 4 is 22.1 Å². The standard InChI is InChI=1S/C24H25N3O4S/c1-19-7-13-23(14-8-19)32(29,30)27-26-17-21-9-11-22(12-10-21)31-18-24(28)25-16-15-20-5-3-2-4-6-20/h2-14,17,27H,15-16,18H2,1H3,(H,25,28)/b26-17+. The smallest absolute Gasteiger partial charge is 0.276 e. The van der Waals surface area contributed by atoms with Crippen molar-refractivity contribution in [3.63, 3.8) is 0 Å². The molecule has 0 unspecified atom stereocenters. The third-order valence-electron chi connectivity index (χ3n) is 4.55. The van der Waals surface area contributed by atoms with Gasteiger partial charge in [0, 0.05) is 6.54 Å². The summed E-state index contributed by atoms with van der Waals surface area (Å²) >= 11 is 0. The van der Waals surface area contributed by atoms with Crippen LogP contribution in [0, 0.1) is 6.92 Å². The van der Waals surface area contributed by atoms with Crippen molar-refractivity contribution in [3.05, 3.63) is 95.6 Å². The molecule has 0 aromatic heterocycles. The van der Waals surface area contributed by atoms with Crippen molar-refractivity contribution < 1.29 is 17.9 Å². The summed E-state index contributed by atoms with van der Waals surface area (Å²) in [7, 11) is -3.72. The van der Waals surface area contributed by atoms with Crippen molar-refractivity contribution in [2.24, 2.45) is 5.10 Å². The number of benzene rings is 3. The van der Waals surface area contributed by atoms with Gasteiger partial charge in [-0.3, -0.25) is 4.79 Å². The molecule has 0 spiro atoms. The Morgan fingerprint density at radius 2 is 1.66 bits per heavy atom. The van der Waals surface area contributed by atoms with Gasteiger partial charge in [0.15, 0.2) is 6.61 Å². The van der Waals surface area contributed by atoms with Crippen LogP contribution in [0.1, 0.15) is 16.7 Å². The van der Waals surface area contributed by atoms with Crippen LogP contribution >= 0.6 is 0 Å². The van der Waals surface area contributed by atoms with Crippen LogP contribution in [0.25, 0.3) is 0 Å². The third kappa shape index (κ3) is 7.24. The molecule has 0 bridgehead atoms. The molecular formula is C24H25N3O4S. The predicted molar refractivity (Wildman–Crippen MR) is 124 cm³/mol. The van der Waals surface area contributed by atoms with Crippen LogP contribution in [0.4, 0.5) is 0 Å². The lowest BCUT2D eigenvalue weighted by Crippen LogP contribution is -2.30. The molecule has 0 heterocycles. The van der Waals surface area contributed by atoms with E-state index in [0.717, 1.165) is 17.5 Å². The highest BCUT2D eigenvalue weighted by Gasteiger charge is 2.11. The Kier molecular flexibility index (Phi) is 7.99. The van der Waals surface area contributed by atoms with Gasteiger partial charge < -0.3 is 10.1 Å². The zero-order valence-corrected chi connectivity index (χ0v) is 18.5. The number of hydrogen-bond donors (Lipinski definition) is 2. The first-order chi connectivity index (χ1) is 15.4. The van der Waals surface area contributed by atoms with Crippen molar-refractivity contribution in [1.29, 1.82) is 0 Å². The van der Waals surface area contributed by atoms with Gasteiger partial charge in [0.2, 0.25) is 0 Å². The van der Waals surface area contributed by atoms with Crippen LogP contribution in [0.15, 0.2) is 88.9 Å². The van der Waals surface area contributed by atoms with Gasteiger partial charge in [-0.25, -0.2) is 4.83 Å². The second kappa shape index (κ2) is 11.1. The lowest BCUT2D eigenvalue weighted by atomic mass is 10.1. The maximum atomic E-state index is 12.2. The minimum atomic E-state index is -3.72. The van der Waals surface area contributed by atoms with E-state index in [1.807, 2.05) is 37.3 Å². The second-order valence-corrected chi connectivity index (χ2v) is 8.77. The van der Waals surface area contributed by atoms with Crippen molar-refractivity contribution in [2.45, 2.75) is 18.2 Å². The summed E-state index contributed by atoms with van der Waals surface area (Å²) in [6, 6.07) is 23.2. The first-order valence-electron chi connectivity index (χ1n) is 10.1. The summed E-state index contributed by atoms with van der Waals surface area (Å²) in [5.74, 6) is 0.331. The van der Waals surface area contributed by atoms with Crippen molar-refractivity contribution in [3.8, 4) is 5.75 Å². The fraction of sp³-hybridized carbons (Fsp3) is 0.167. The van der Waals surface area contributed by atoms with E-state index in [0.29, 0.717) is 17.9 Å². The van der Waals surface area contributed by atoms with Gasteiger partial charge in [-0.2, -0.15) is 13.5 Å². The quantitative estimate of drug-likeness (QED) is 0.366. The molecule has 1 amide bonds. The summed E-state index contributed by atoms with van der Waals surface area (Å²) in [5, 5.41) is 6.63. The van der Waals surface area contributed by atoms with Crippen LogP contribution < -0.4 is 14.9 Å². The van der Waals surface area contributed by atoms with Crippen molar-refractivity contribution in [2.75, 3.05) is 13.2 Å². The Morgan fingerprint density at radius 3 is 2.34 bits per heavy atom. The Hall–Kier alpha value is -3.65. The van der Waals surface area contributed by atoms with Gasteiger partial charge in [0.05, 0.1) is 11.1 Å². The number of nitrogens with one attached hydrogen (secondary N) is 2. The molecule has 0 aliphatic carbocycles. The maximum Gasteiger partial charge on any atom is 0.276 e. The number of hydrazone groups is 1. The van der Waals surface area contributed by atoms with Gasteiger partial charge in [-0.05, 0) is 60.9 Å². The second-order valence-electron chi connectivity index (χ2n) is 7.11. The largest absolute Gasteiger partial charge is 0.484 e. The molecule has 2 N–H and O–H groups in total. The molecule has 0 aliphatic heterocycles. The molecule has 0 fully saturated rings. The van der Waals surface area contributed by atoms with E-state index >= 15 is 0 Å². The van der Waals surface area contributed by atoms with Crippen LogP contribution in [-0.4, -0.2) is 33.7 Å². The minimum Gasteiger partial charge on any atom is -0.484 e. The summed E-state index contributed by atoms with van der Waals surface area (Å²) < 4.78 is 29.9. The van der Waals surface area contributed by atoms with Gasteiger partial charge in [-0.15, -0.1) is 0 Å². The molecular weight excluding hydrogens is 426 g/mol. The Morgan fingerprint density at radius 1 is 0.969 bits per heavy atom. The molecule has 8 heteroatoms. The number of amides is 1. The van der Waals surface area contributed by atoms with E-state index in [1.54, 1.807) is 36.4 Å². The highest BCUT2D eigenvalue weighted by molar-refractivity contribution is 7.89. The Labute approximate surface area is 188 Å². The van der Waals surface area contributed by atoms with Gasteiger partial charge >= 0.3 is 0 Å². The first kappa shape index (κ1) is 23.0. The number of ether oxygens (including phenoxy) is 1. The zero-order valence-electron chi connectivity index (χ0n) is 17.7. The maximum absolute atomic E-state index is 12.2. The lowest BCUT2D eigenvalue weighted by Gasteiger charge is -2.08. The van der Waals surface area contributed by atoms with E-state index in [9.17, 15) is 13.2 Å². The van der Waals surface area contributed by atoms with Crippen LogP contribution in [0.2, 0.25) is 0 Å². The summed E-state index contributed by atoms with van der Waals surface area (Å²) in [6.45, 7) is 2.34. The van der Waals surface area contributed by atoms with Crippen molar-refractivity contribution in [1.82, 2.24) is 10.1 Å². The SMILES string of the molecule is Cc1ccc(S(=O)(=O)N/N=C/c2ccc(OCC(=O)NCCc3ccccc3)cc2)cc1. The molecule has 0 aliphatic rings. The molecule has 32 heavy (non-hydrogen) atoms. The molecule has 7 nitrogen and oxygen atoms in total. The van der Waals surface area contributed by atoms with Crippen LogP contribution in [0.5, 0.6) is 5.75 Å². The van der Waals surface area contributed by atoms with Gasteiger partial charge in [0.1, 0.15) is 5.75 Å². The molecule has 3 aromatic rings. The molecule has 0 saturated heterocycles. The number of hydrogen-bond acceptors (Lipinski definition) is 5. The molecule has 3 rings (SSSR count). The molecule has 0 radical (unpaired) electrons. The highest BCUT2D eigenvalue weighted by Crippen LogP contribution is 2.12. The Bertz CT molecular complexity index is 1140. The number of aryl methyl sites for hydroxylation is 1. The van der Waals surface area contributed by atoms with E-state index in [4.69, 9.17) is 4.74 Å². The molecule has 3 aromatic carbocycles. The number of sulfonamides is 1.